The van der Waals surface area contributed by atoms with Gasteiger partial charge in [-0.25, -0.2) is 19.7 Å². The van der Waals surface area contributed by atoms with Crippen molar-refractivity contribution in [1.82, 2.24) is 24.8 Å². The second-order valence-electron chi connectivity index (χ2n) is 12.5. The van der Waals surface area contributed by atoms with Crippen LogP contribution in [0.3, 0.4) is 0 Å². The maximum Gasteiger partial charge on any atom is 0.410 e. The SMILES string of the molecule is CC(C)(C)OC(=O)N1CCc2nc(C3CCN(c4nc5c(c(NC6(CO)CCC6)n4)[S@](=O)CC5)CC3)ncc2C1. The number of aryl methyl sites for hydroxylation is 1. The summed E-state index contributed by atoms with van der Waals surface area (Å²) in [6.07, 6.45) is 7.56. The summed E-state index contributed by atoms with van der Waals surface area (Å²) in [4.78, 5) is 36.5. The lowest BCUT2D eigenvalue weighted by Gasteiger charge is -2.42. The molecule has 3 aliphatic heterocycles. The largest absolute Gasteiger partial charge is 0.444 e. The molecule has 0 unspecified atom stereocenters. The zero-order valence-corrected chi connectivity index (χ0v) is 24.4. The average molecular weight is 570 g/mol. The maximum absolute atomic E-state index is 12.7. The number of hydrogen-bond donors (Lipinski definition) is 2. The van der Waals surface area contributed by atoms with Crippen LogP contribution in [-0.4, -0.2) is 83.4 Å². The van der Waals surface area contributed by atoms with Crippen molar-refractivity contribution in [2.45, 2.75) is 94.2 Å². The number of nitrogens with one attached hydrogen (secondary N) is 1. The summed E-state index contributed by atoms with van der Waals surface area (Å²) >= 11 is 0. The Hall–Kier alpha value is -2.86. The molecule has 0 aromatic carbocycles. The highest BCUT2D eigenvalue weighted by atomic mass is 32.2. The molecule has 1 saturated heterocycles. The molecule has 2 aromatic heterocycles. The molecule has 1 aliphatic carbocycles. The summed E-state index contributed by atoms with van der Waals surface area (Å²) < 4.78 is 18.3. The number of amides is 1. The Bertz CT molecular complexity index is 1310. The topological polar surface area (TPSA) is 134 Å². The predicted octanol–water partition coefficient (Wildman–Crippen LogP) is 2.93. The molecule has 5 heterocycles. The van der Waals surface area contributed by atoms with Crippen LogP contribution in [0.1, 0.15) is 81.6 Å². The third-order valence-electron chi connectivity index (χ3n) is 8.42. The number of nitrogens with zero attached hydrogens (tertiary/aromatic N) is 6. The van der Waals surface area contributed by atoms with Gasteiger partial charge in [0.25, 0.3) is 0 Å². The van der Waals surface area contributed by atoms with Gasteiger partial charge in [-0.1, -0.05) is 0 Å². The fourth-order valence-corrected chi connectivity index (χ4v) is 7.24. The number of carbonyl (C=O) groups is 1. The van der Waals surface area contributed by atoms with Crippen LogP contribution < -0.4 is 10.2 Å². The number of anilines is 2. The van der Waals surface area contributed by atoms with E-state index in [-0.39, 0.29) is 24.2 Å². The van der Waals surface area contributed by atoms with Crippen molar-refractivity contribution in [2.75, 3.05) is 42.2 Å². The van der Waals surface area contributed by atoms with Crippen molar-refractivity contribution >= 4 is 28.7 Å². The molecule has 12 heteroatoms. The highest BCUT2D eigenvalue weighted by Crippen LogP contribution is 2.39. The Morgan fingerprint density at radius 3 is 2.60 bits per heavy atom. The predicted molar refractivity (Wildman–Crippen MR) is 151 cm³/mol. The van der Waals surface area contributed by atoms with E-state index < -0.39 is 16.4 Å². The Morgan fingerprint density at radius 1 is 1.15 bits per heavy atom. The molecule has 2 aromatic rings. The zero-order valence-electron chi connectivity index (χ0n) is 23.6. The average Bonchev–Trinajstić information content (AvgIpc) is 3.30. The Kier molecular flexibility index (Phi) is 7.18. The normalized spacial score (nSPS) is 22.4. The quantitative estimate of drug-likeness (QED) is 0.554. The number of piperidine rings is 1. The van der Waals surface area contributed by atoms with Crippen LogP contribution >= 0.6 is 0 Å². The van der Waals surface area contributed by atoms with Gasteiger partial charge in [0.2, 0.25) is 5.95 Å². The van der Waals surface area contributed by atoms with Gasteiger partial charge in [0.1, 0.15) is 22.1 Å². The summed E-state index contributed by atoms with van der Waals surface area (Å²) in [6, 6.07) is 0. The molecular formula is C28H39N7O4S. The number of hydrogen-bond acceptors (Lipinski definition) is 10. The number of rotatable bonds is 5. The Labute approximate surface area is 237 Å². The van der Waals surface area contributed by atoms with Gasteiger partial charge in [0, 0.05) is 55.9 Å². The number of aliphatic hydroxyl groups is 1. The Balaban J connectivity index is 1.12. The summed E-state index contributed by atoms with van der Waals surface area (Å²) in [5.74, 6) is 2.98. The number of ether oxygens (including phenoxy) is 1. The number of aliphatic hydroxyl groups excluding tert-OH is 1. The minimum atomic E-state index is -1.11. The highest BCUT2D eigenvalue weighted by molar-refractivity contribution is 7.85. The van der Waals surface area contributed by atoms with E-state index in [9.17, 15) is 14.1 Å². The van der Waals surface area contributed by atoms with Crippen LogP contribution in [0, 0.1) is 0 Å². The second kappa shape index (κ2) is 10.5. The summed E-state index contributed by atoms with van der Waals surface area (Å²) in [6.45, 7) is 8.29. The second-order valence-corrected chi connectivity index (χ2v) is 14.0. The molecule has 0 bridgehead atoms. The van der Waals surface area contributed by atoms with Crippen LogP contribution in [0.2, 0.25) is 0 Å². The fraction of sp³-hybridized carbons (Fsp3) is 0.679. The van der Waals surface area contributed by atoms with Gasteiger partial charge < -0.3 is 25.0 Å². The molecule has 40 heavy (non-hydrogen) atoms. The van der Waals surface area contributed by atoms with Gasteiger partial charge >= 0.3 is 6.09 Å². The first-order valence-corrected chi connectivity index (χ1v) is 15.7. The van der Waals surface area contributed by atoms with Crippen LogP contribution in [0.25, 0.3) is 0 Å². The van der Waals surface area contributed by atoms with E-state index in [1.807, 2.05) is 27.0 Å². The van der Waals surface area contributed by atoms with Crippen LogP contribution in [0.15, 0.2) is 11.1 Å². The molecular weight excluding hydrogens is 530 g/mol. The molecule has 1 amide bonds. The molecule has 11 nitrogen and oxygen atoms in total. The van der Waals surface area contributed by atoms with Crippen LogP contribution in [0.5, 0.6) is 0 Å². The zero-order chi connectivity index (χ0) is 28.1. The minimum absolute atomic E-state index is 0.0406. The monoisotopic (exact) mass is 569 g/mol. The highest BCUT2D eigenvalue weighted by Gasteiger charge is 2.39. The van der Waals surface area contributed by atoms with Crippen molar-refractivity contribution in [3.8, 4) is 0 Å². The number of fused-ring (bicyclic) bond motifs is 2. The van der Waals surface area contributed by atoms with E-state index in [2.05, 4.69) is 10.2 Å². The molecule has 1 saturated carbocycles. The summed E-state index contributed by atoms with van der Waals surface area (Å²) in [7, 11) is -1.11. The van der Waals surface area contributed by atoms with E-state index in [0.717, 1.165) is 68.0 Å². The first-order valence-electron chi connectivity index (χ1n) is 14.4. The van der Waals surface area contributed by atoms with Gasteiger partial charge in [-0.3, -0.25) is 4.21 Å². The van der Waals surface area contributed by atoms with Crippen LogP contribution in [-0.2, 0) is 34.9 Å². The first kappa shape index (κ1) is 27.3. The summed E-state index contributed by atoms with van der Waals surface area (Å²) in [5, 5.41) is 13.5. The van der Waals surface area contributed by atoms with Crippen molar-refractivity contribution in [2.24, 2.45) is 0 Å². The molecule has 6 rings (SSSR count). The van der Waals surface area contributed by atoms with Gasteiger partial charge in [-0.15, -0.1) is 0 Å². The lowest BCUT2D eigenvalue weighted by Crippen LogP contribution is -2.49. The summed E-state index contributed by atoms with van der Waals surface area (Å²) in [5.41, 5.74) is 1.97. The van der Waals surface area contributed by atoms with E-state index in [1.165, 1.54) is 0 Å². The van der Waals surface area contributed by atoms with Gasteiger partial charge in [0.05, 0.1) is 40.9 Å². The van der Waals surface area contributed by atoms with E-state index in [1.54, 1.807) is 4.90 Å². The van der Waals surface area contributed by atoms with E-state index >= 15 is 0 Å². The lowest BCUT2D eigenvalue weighted by atomic mass is 9.77. The molecule has 0 spiro atoms. The molecule has 216 valence electrons. The van der Waals surface area contributed by atoms with E-state index in [0.29, 0.717) is 48.3 Å². The maximum atomic E-state index is 12.7. The van der Waals surface area contributed by atoms with Crippen molar-refractivity contribution < 1.29 is 18.8 Å². The van der Waals surface area contributed by atoms with Crippen molar-refractivity contribution in [1.29, 1.82) is 0 Å². The van der Waals surface area contributed by atoms with Gasteiger partial charge in [-0.2, -0.15) is 4.98 Å². The molecule has 2 fully saturated rings. The molecule has 2 N–H and O–H groups in total. The number of carbonyl (C=O) groups excluding carboxylic acids is 1. The lowest BCUT2D eigenvalue weighted by molar-refractivity contribution is 0.0222. The van der Waals surface area contributed by atoms with Gasteiger partial charge in [0.15, 0.2) is 0 Å². The van der Waals surface area contributed by atoms with Crippen LogP contribution in [0.4, 0.5) is 16.6 Å². The number of aromatic nitrogens is 4. The first-order chi connectivity index (χ1) is 19.1. The third-order valence-corrected chi connectivity index (χ3v) is 9.88. The molecule has 1 atom stereocenters. The minimum Gasteiger partial charge on any atom is -0.444 e. The standard InChI is InChI=1S/C28H39N7O4S/c1-27(2,3)39-26(37)35-13-7-20-19(16-35)15-29-23(30-20)18-5-11-34(12-6-18)25-31-21-8-14-40(38)22(21)24(32-25)33-28(17-36)9-4-10-28/h15,18,36H,4-14,16-17H2,1-3H3,(H,31,32,33)/t40-/m1/s1. The van der Waals surface area contributed by atoms with Crippen molar-refractivity contribution in [3.05, 3.63) is 29.0 Å². The van der Waals surface area contributed by atoms with E-state index in [4.69, 9.17) is 24.7 Å². The fourth-order valence-electron chi connectivity index (χ4n) is 5.94. The van der Waals surface area contributed by atoms with Gasteiger partial charge in [-0.05, 0) is 52.9 Å². The Morgan fingerprint density at radius 2 is 1.93 bits per heavy atom. The smallest absolute Gasteiger partial charge is 0.410 e. The van der Waals surface area contributed by atoms with Crippen molar-refractivity contribution in [3.63, 3.8) is 0 Å². The molecule has 4 aliphatic rings. The molecule has 0 radical (unpaired) electrons. The third kappa shape index (κ3) is 5.39.